The van der Waals surface area contributed by atoms with Crippen LogP contribution in [-0.4, -0.2) is 46.2 Å². The number of anilines is 1. The molecule has 2 rings (SSSR count). The van der Waals surface area contributed by atoms with Crippen molar-refractivity contribution in [2.24, 2.45) is 10.2 Å². The normalized spacial score (nSPS) is 11.7. The largest absolute Gasteiger partial charge is 0.497 e. The zero-order chi connectivity index (χ0) is 22.3. The molecule has 1 unspecified atom stereocenters. The number of carbonyl (C=O) groups is 2. The Bertz CT molecular complexity index is 964. The SMILES string of the molecule is COc1ccc(N=NC(C(C)=O)C(=O)Nc2cc(Cl)cc(OC)c2OC)c(OC)c1. The van der Waals surface area contributed by atoms with Gasteiger partial charge < -0.3 is 24.3 Å². The van der Waals surface area contributed by atoms with E-state index in [1.807, 2.05) is 0 Å². The van der Waals surface area contributed by atoms with Crippen LogP contribution in [0, 0.1) is 0 Å². The van der Waals surface area contributed by atoms with Gasteiger partial charge in [0.1, 0.15) is 17.2 Å². The average molecular weight is 436 g/mol. The molecule has 2 aromatic carbocycles. The van der Waals surface area contributed by atoms with E-state index < -0.39 is 17.7 Å². The maximum atomic E-state index is 12.7. The first-order chi connectivity index (χ1) is 14.3. The molecule has 9 nitrogen and oxygen atoms in total. The summed E-state index contributed by atoms with van der Waals surface area (Å²) in [6, 6.07) is 6.48. The number of methoxy groups -OCH3 is 4. The summed E-state index contributed by atoms with van der Waals surface area (Å²) in [7, 11) is 5.83. The number of ketones is 1. The van der Waals surface area contributed by atoms with Gasteiger partial charge in [0.2, 0.25) is 6.04 Å². The molecule has 0 aliphatic carbocycles. The van der Waals surface area contributed by atoms with E-state index in [0.29, 0.717) is 28.0 Å². The van der Waals surface area contributed by atoms with Gasteiger partial charge in [0.05, 0.1) is 34.1 Å². The highest BCUT2D eigenvalue weighted by atomic mass is 35.5. The Morgan fingerprint density at radius 2 is 1.67 bits per heavy atom. The zero-order valence-corrected chi connectivity index (χ0v) is 17.9. The summed E-state index contributed by atoms with van der Waals surface area (Å²) in [5, 5.41) is 10.8. The molecule has 2 aromatic rings. The topological polar surface area (TPSA) is 108 Å². The Balaban J connectivity index is 2.32. The van der Waals surface area contributed by atoms with E-state index >= 15 is 0 Å². The highest BCUT2D eigenvalue weighted by molar-refractivity contribution is 6.31. The molecule has 0 saturated carbocycles. The molecule has 0 bridgehead atoms. The van der Waals surface area contributed by atoms with Gasteiger partial charge in [-0.05, 0) is 25.1 Å². The first-order valence-corrected chi connectivity index (χ1v) is 9.08. The number of amides is 1. The molecule has 1 amide bonds. The van der Waals surface area contributed by atoms with Crippen molar-refractivity contribution in [2.75, 3.05) is 33.8 Å². The number of azo groups is 1. The highest BCUT2D eigenvalue weighted by Crippen LogP contribution is 2.38. The summed E-state index contributed by atoms with van der Waals surface area (Å²) in [6.07, 6.45) is 0. The van der Waals surface area contributed by atoms with E-state index in [9.17, 15) is 9.59 Å². The fourth-order valence-electron chi connectivity index (χ4n) is 2.53. The molecule has 0 fully saturated rings. The van der Waals surface area contributed by atoms with Crippen molar-refractivity contribution >= 4 is 34.7 Å². The summed E-state index contributed by atoms with van der Waals surface area (Å²) < 4.78 is 20.9. The van der Waals surface area contributed by atoms with E-state index in [4.69, 9.17) is 30.5 Å². The zero-order valence-electron chi connectivity index (χ0n) is 17.2. The molecule has 160 valence electrons. The molecule has 0 aliphatic heterocycles. The average Bonchev–Trinajstić information content (AvgIpc) is 2.73. The number of hydrogen-bond acceptors (Lipinski definition) is 8. The van der Waals surface area contributed by atoms with Crippen LogP contribution < -0.4 is 24.3 Å². The number of carbonyl (C=O) groups excluding carboxylic acids is 2. The van der Waals surface area contributed by atoms with Gasteiger partial charge in [-0.3, -0.25) is 9.59 Å². The first kappa shape index (κ1) is 23.0. The van der Waals surface area contributed by atoms with Gasteiger partial charge in [-0.2, -0.15) is 10.2 Å². The highest BCUT2D eigenvalue weighted by Gasteiger charge is 2.25. The Kier molecular flexibility index (Phi) is 7.99. The lowest BCUT2D eigenvalue weighted by atomic mass is 10.2. The fraction of sp³-hybridized carbons (Fsp3) is 0.300. The molecular weight excluding hydrogens is 414 g/mol. The fourth-order valence-corrected chi connectivity index (χ4v) is 2.74. The van der Waals surface area contributed by atoms with Crippen LogP contribution in [0.15, 0.2) is 40.6 Å². The van der Waals surface area contributed by atoms with Crippen LogP contribution in [0.2, 0.25) is 5.02 Å². The van der Waals surface area contributed by atoms with Crippen LogP contribution in [0.3, 0.4) is 0 Å². The minimum atomic E-state index is -1.40. The van der Waals surface area contributed by atoms with Crippen LogP contribution in [0.5, 0.6) is 23.0 Å². The third-order valence-electron chi connectivity index (χ3n) is 4.00. The number of hydrogen-bond donors (Lipinski definition) is 1. The molecule has 0 aromatic heterocycles. The predicted molar refractivity (Wildman–Crippen MR) is 112 cm³/mol. The van der Waals surface area contributed by atoms with Crippen LogP contribution in [0.1, 0.15) is 6.92 Å². The number of benzene rings is 2. The van der Waals surface area contributed by atoms with Crippen molar-refractivity contribution in [2.45, 2.75) is 13.0 Å². The molecule has 10 heteroatoms. The summed E-state index contributed by atoms with van der Waals surface area (Å²) >= 11 is 6.06. The van der Waals surface area contributed by atoms with Crippen molar-refractivity contribution in [1.82, 2.24) is 0 Å². The number of halogens is 1. The number of Topliss-reactive ketones (excluding diaryl/α,β-unsaturated/α-hetero) is 1. The van der Waals surface area contributed by atoms with Gasteiger partial charge in [-0.25, -0.2) is 0 Å². The first-order valence-electron chi connectivity index (χ1n) is 8.70. The van der Waals surface area contributed by atoms with Gasteiger partial charge in [0, 0.05) is 17.2 Å². The van der Waals surface area contributed by atoms with E-state index in [0.717, 1.165) is 0 Å². The Labute approximate surface area is 178 Å². The number of nitrogens with zero attached hydrogens (tertiary/aromatic N) is 2. The van der Waals surface area contributed by atoms with E-state index in [1.165, 1.54) is 47.5 Å². The molecule has 1 atom stereocenters. The molecule has 1 N–H and O–H groups in total. The summed E-state index contributed by atoms with van der Waals surface area (Å²) in [4.78, 5) is 24.8. The predicted octanol–water partition coefficient (Wildman–Crippen LogP) is 4.05. The van der Waals surface area contributed by atoms with E-state index in [1.54, 1.807) is 18.2 Å². The van der Waals surface area contributed by atoms with E-state index in [-0.39, 0.29) is 11.4 Å². The third-order valence-corrected chi connectivity index (χ3v) is 4.22. The molecule has 0 saturated heterocycles. The van der Waals surface area contributed by atoms with Crippen molar-refractivity contribution in [3.63, 3.8) is 0 Å². The molecule has 0 spiro atoms. The number of rotatable bonds is 9. The second-order valence-corrected chi connectivity index (χ2v) is 6.38. The lowest BCUT2D eigenvalue weighted by Crippen LogP contribution is -2.32. The lowest BCUT2D eigenvalue weighted by Gasteiger charge is -2.15. The Hall–Kier alpha value is -3.33. The van der Waals surface area contributed by atoms with Gasteiger partial charge in [-0.15, -0.1) is 0 Å². The van der Waals surface area contributed by atoms with Crippen LogP contribution >= 0.6 is 11.6 Å². The van der Waals surface area contributed by atoms with Gasteiger partial charge >= 0.3 is 0 Å². The molecule has 0 radical (unpaired) electrons. The molecule has 0 aliphatic rings. The maximum absolute atomic E-state index is 12.7. The monoisotopic (exact) mass is 435 g/mol. The Morgan fingerprint density at radius 3 is 2.23 bits per heavy atom. The summed E-state index contributed by atoms with van der Waals surface area (Å²) in [5.41, 5.74) is 0.565. The number of nitrogens with one attached hydrogen (secondary N) is 1. The van der Waals surface area contributed by atoms with Crippen molar-refractivity contribution in [3.05, 3.63) is 35.4 Å². The Morgan fingerprint density at radius 1 is 0.967 bits per heavy atom. The molecule has 30 heavy (non-hydrogen) atoms. The maximum Gasteiger partial charge on any atom is 0.258 e. The standard InChI is InChI=1S/C20H22ClN3O6/c1-11(25)18(24-23-14-7-6-13(27-2)10-16(14)28-3)20(26)22-15-8-12(21)9-17(29-4)19(15)30-5/h6-10,18H,1-5H3,(H,22,26). The van der Waals surface area contributed by atoms with Gasteiger partial charge in [-0.1, -0.05) is 11.6 Å². The quantitative estimate of drug-likeness (QED) is 0.470. The summed E-state index contributed by atoms with van der Waals surface area (Å²) in [5.74, 6) is 0.310. The second kappa shape index (κ2) is 10.4. The van der Waals surface area contributed by atoms with Crippen LogP contribution in [-0.2, 0) is 9.59 Å². The molecular formula is C20H22ClN3O6. The van der Waals surface area contributed by atoms with Crippen LogP contribution in [0.25, 0.3) is 0 Å². The molecule has 0 heterocycles. The van der Waals surface area contributed by atoms with Gasteiger partial charge in [0.25, 0.3) is 5.91 Å². The van der Waals surface area contributed by atoms with Crippen molar-refractivity contribution in [3.8, 4) is 23.0 Å². The van der Waals surface area contributed by atoms with Crippen molar-refractivity contribution in [1.29, 1.82) is 0 Å². The minimum Gasteiger partial charge on any atom is -0.497 e. The minimum absolute atomic E-state index is 0.232. The van der Waals surface area contributed by atoms with Gasteiger partial charge in [0.15, 0.2) is 17.3 Å². The summed E-state index contributed by atoms with van der Waals surface area (Å²) in [6.45, 7) is 1.24. The smallest absolute Gasteiger partial charge is 0.258 e. The number of ether oxygens (including phenoxy) is 4. The lowest BCUT2D eigenvalue weighted by molar-refractivity contribution is -0.126. The van der Waals surface area contributed by atoms with E-state index in [2.05, 4.69) is 15.5 Å². The van der Waals surface area contributed by atoms with Crippen LogP contribution in [0.4, 0.5) is 11.4 Å². The van der Waals surface area contributed by atoms with Crippen molar-refractivity contribution < 1.29 is 28.5 Å². The second-order valence-electron chi connectivity index (χ2n) is 5.94. The third kappa shape index (κ3) is 5.38.